The Kier molecular flexibility index (Phi) is 6.95. The molecule has 8 heteroatoms. The maximum absolute atomic E-state index is 5.64. The lowest BCUT2D eigenvalue weighted by Crippen LogP contribution is -2.11. The largest absolute Gasteiger partial charge is 0.337 e. The molecule has 0 saturated carbocycles. The third kappa shape index (κ3) is 4.43. The number of imidazole rings is 1. The fraction of sp³-hybridized carbons (Fsp3) is 0.130. The van der Waals surface area contributed by atoms with Crippen LogP contribution in [0.25, 0.3) is 111 Å². The van der Waals surface area contributed by atoms with Crippen molar-refractivity contribution in [1.29, 1.82) is 0 Å². The summed E-state index contributed by atoms with van der Waals surface area (Å²) in [5, 5.41) is 8.56. The molecule has 8 nitrogen and oxygen atoms in total. The van der Waals surface area contributed by atoms with Gasteiger partial charge in [0, 0.05) is 61.7 Å². The van der Waals surface area contributed by atoms with Crippen LogP contribution in [0.2, 0.25) is 0 Å². The molecule has 3 aliphatic carbocycles. The molecule has 1 atom stereocenters. The van der Waals surface area contributed by atoms with Gasteiger partial charge in [-0.3, -0.25) is 13.7 Å². The third-order valence-electron chi connectivity index (χ3n) is 13.8. The maximum Gasteiger partial charge on any atom is 0.216 e. The number of nitrogens with zero attached hydrogens (tertiary/aromatic N) is 8. The van der Waals surface area contributed by atoms with Crippen LogP contribution in [-0.2, 0) is 13.5 Å². The Hall–Kier alpha value is -7.71. The van der Waals surface area contributed by atoms with Gasteiger partial charge in [0.05, 0.1) is 44.7 Å². The molecule has 5 aromatic carbocycles. The second-order valence-electron chi connectivity index (χ2n) is 17.0. The molecule has 3 aliphatic rings. The molecular formula is C54H40N8. The molecule has 11 aromatic rings. The minimum atomic E-state index is 0.270. The van der Waals surface area contributed by atoms with Crippen molar-refractivity contribution in [3.63, 3.8) is 0 Å². The molecule has 296 valence electrons. The van der Waals surface area contributed by atoms with Gasteiger partial charge in [-0.1, -0.05) is 115 Å². The number of aryl methyl sites for hydroxylation is 1. The minimum Gasteiger partial charge on any atom is -0.337 e. The van der Waals surface area contributed by atoms with Crippen molar-refractivity contribution in [3.05, 3.63) is 163 Å². The van der Waals surface area contributed by atoms with Crippen LogP contribution in [-0.4, -0.2) is 37.8 Å². The third-order valence-corrected chi connectivity index (χ3v) is 13.8. The molecule has 62 heavy (non-hydrogen) atoms. The molecule has 0 amide bonds. The molecule has 1 unspecified atom stereocenters. The van der Waals surface area contributed by atoms with Crippen LogP contribution in [0.1, 0.15) is 43.0 Å². The van der Waals surface area contributed by atoms with E-state index in [2.05, 4.69) is 182 Å². The van der Waals surface area contributed by atoms with E-state index >= 15 is 0 Å². The number of hydrogen-bond donors (Lipinski definition) is 0. The molecule has 0 bridgehead atoms. The van der Waals surface area contributed by atoms with Crippen molar-refractivity contribution >= 4 is 99.3 Å². The second kappa shape index (κ2) is 12.7. The summed E-state index contributed by atoms with van der Waals surface area (Å²) >= 11 is 0. The van der Waals surface area contributed by atoms with E-state index in [1.807, 2.05) is 0 Å². The van der Waals surface area contributed by atoms with Gasteiger partial charge >= 0.3 is 0 Å². The number of allylic oxidation sites excluding steroid dienone is 9. The van der Waals surface area contributed by atoms with Crippen molar-refractivity contribution in [3.8, 4) is 11.8 Å². The first-order valence-electron chi connectivity index (χ1n) is 21.8. The molecule has 0 N–H and O–H groups in total. The number of rotatable bonds is 4. The van der Waals surface area contributed by atoms with Crippen LogP contribution in [0.15, 0.2) is 152 Å². The van der Waals surface area contributed by atoms with Gasteiger partial charge in [-0.05, 0) is 68.5 Å². The molecule has 6 heterocycles. The van der Waals surface area contributed by atoms with E-state index in [1.54, 1.807) is 6.33 Å². The normalized spacial score (nSPS) is 16.5. The van der Waals surface area contributed by atoms with Gasteiger partial charge in [0.1, 0.15) is 6.33 Å². The lowest BCUT2D eigenvalue weighted by atomic mass is 10.0. The smallest absolute Gasteiger partial charge is 0.216 e. The van der Waals surface area contributed by atoms with E-state index in [-0.39, 0.29) is 6.04 Å². The number of hydrogen-bond acceptors (Lipinski definition) is 3. The Morgan fingerprint density at radius 1 is 0.581 bits per heavy atom. The monoisotopic (exact) mass is 800 g/mol. The highest BCUT2D eigenvalue weighted by Crippen LogP contribution is 2.45. The first-order chi connectivity index (χ1) is 30.7. The van der Waals surface area contributed by atoms with Gasteiger partial charge in [-0.25, -0.2) is 15.0 Å². The fourth-order valence-electron chi connectivity index (χ4n) is 11.2. The van der Waals surface area contributed by atoms with Gasteiger partial charge in [-0.15, -0.1) is 0 Å². The minimum absolute atomic E-state index is 0.270. The van der Waals surface area contributed by atoms with Crippen LogP contribution in [0.4, 0.5) is 0 Å². The Balaban J connectivity index is 1.07. The molecule has 0 fully saturated rings. The lowest BCUT2D eigenvalue weighted by molar-refractivity contribution is 0.599. The standard InChI is InChI=1S/C54H40N8/c1-58-52-49(57-54(58)62-42-25-13-9-21-36(42)38-28-30-45-47(51(38)62)39-22-10-14-26-43(39)59(45)33-16-4-2-5-17-33)53(56-32-55-52)61-44-27-15-11-23-40(44)48-46(61)31-29-37-35-20-8-12-24-41(35)60(50(37)48)34-18-6-3-7-19-34/h2,4-6,8-13,15-16,18-25,27-33H,3,7,14,17,26H2,1H3. The quantitative estimate of drug-likeness (QED) is 0.178. The Morgan fingerprint density at radius 2 is 1.29 bits per heavy atom. The first-order valence-corrected chi connectivity index (χ1v) is 21.8. The van der Waals surface area contributed by atoms with Crippen LogP contribution < -0.4 is 0 Å². The predicted octanol–water partition coefficient (Wildman–Crippen LogP) is 12.8. The van der Waals surface area contributed by atoms with Gasteiger partial charge in [-0.2, -0.15) is 0 Å². The van der Waals surface area contributed by atoms with E-state index in [4.69, 9.17) is 15.0 Å². The van der Waals surface area contributed by atoms with Crippen molar-refractivity contribution < 1.29 is 0 Å². The molecule has 0 aliphatic heterocycles. The zero-order valence-electron chi connectivity index (χ0n) is 34.2. The summed E-state index contributed by atoms with van der Waals surface area (Å²) in [5.74, 6) is 1.57. The summed E-state index contributed by atoms with van der Waals surface area (Å²) < 4.78 is 11.9. The Morgan fingerprint density at radius 3 is 2.05 bits per heavy atom. The van der Waals surface area contributed by atoms with E-state index in [0.717, 1.165) is 71.6 Å². The van der Waals surface area contributed by atoms with Crippen molar-refractivity contribution in [2.75, 3.05) is 0 Å². The number of para-hydroxylation sites is 3. The zero-order valence-corrected chi connectivity index (χ0v) is 34.2. The van der Waals surface area contributed by atoms with Crippen molar-refractivity contribution in [2.24, 2.45) is 7.05 Å². The predicted molar refractivity (Wildman–Crippen MR) is 255 cm³/mol. The maximum atomic E-state index is 5.64. The average Bonchev–Trinajstić information content (AvgIpc) is 4.12. The summed E-state index contributed by atoms with van der Waals surface area (Å²) in [6.07, 6.45) is 27.5. The van der Waals surface area contributed by atoms with E-state index < -0.39 is 0 Å². The van der Waals surface area contributed by atoms with Gasteiger partial charge < -0.3 is 9.13 Å². The number of benzene rings is 5. The molecule has 0 spiro atoms. The first kappa shape index (κ1) is 34.0. The molecule has 0 saturated heterocycles. The van der Waals surface area contributed by atoms with Crippen LogP contribution in [0.5, 0.6) is 0 Å². The van der Waals surface area contributed by atoms with E-state index in [9.17, 15) is 0 Å². The highest BCUT2D eigenvalue weighted by atomic mass is 15.3. The summed E-state index contributed by atoms with van der Waals surface area (Å²) in [4.78, 5) is 15.7. The molecular weight excluding hydrogens is 761 g/mol. The molecule has 0 radical (unpaired) electrons. The summed E-state index contributed by atoms with van der Waals surface area (Å²) in [6.45, 7) is 0. The van der Waals surface area contributed by atoms with Crippen LogP contribution in [0.3, 0.4) is 0 Å². The summed E-state index contributed by atoms with van der Waals surface area (Å²) in [5.41, 5.74) is 13.6. The van der Waals surface area contributed by atoms with Gasteiger partial charge in [0.25, 0.3) is 0 Å². The Labute approximate surface area is 355 Å². The Bertz CT molecular complexity index is 3920. The zero-order chi connectivity index (χ0) is 40.6. The topological polar surface area (TPSA) is 63.3 Å². The molecule has 6 aromatic heterocycles. The van der Waals surface area contributed by atoms with Crippen molar-refractivity contribution in [2.45, 2.75) is 38.1 Å². The van der Waals surface area contributed by atoms with E-state index in [1.165, 1.54) is 76.7 Å². The summed E-state index contributed by atoms with van der Waals surface area (Å²) in [6, 6.07) is 35.8. The SMILES string of the molecule is Cn1c(-n2c3ccccc3c3ccc4c(c5c(n4C4C=CC=CC4)CCC=C5)c32)nc2c(-n3c4ccccc4c4c5c(ccc43)c3ccccc3n5C3=CCCC=C3)ncnc21. The fourth-order valence-corrected chi connectivity index (χ4v) is 11.2. The lowest BCUT2D eigenvalue weighted by Gasteiger charge is -2.21. The summed E-state index contributed by atoms with van der Waals surface area (Å²) in [7, 11) is 2.10. The highest BCUT2D eigenvalue weighted by Gasteiger charge is 2.29. The van der Waals surface area contributed by atoms with Gasteiger partial charge in [0.15, 0.2) is 17.0 Å². The number of aromatic nitrogens is 8. The second-order valence-corrected chi connectivity index (χ2v) is 17.0. The van der Waals surface area contributed by atoms with Crippen LogP contribution >= 0.6 is 0 Å². The van der Waals surface area contributed by atoms with E-state index in [0.29, 0.717) is 0 Å². The van der Waals surface area contributed by atoms with Gasteiger partial charge in [0.2, 0.25) is 5.95 Å². The van der Waals surface area contributed by atoms with Crippen LogP contribution in [0, 0.1) is 0 Å². The number of fused-ring (bicyclic) bond motifs is 15. The van der Waals surface area contributed by atoms with Crippen molar-refractivity contribution in [1.82, 2.24) is 37.8 Å². The highest BCUT2D eigenvalue weighted by molar-refractivity contribution is 6.27. The molecule has 14 rings (SSSR count). The average molecular weight is 801 g/mol.